The lowest BCUT2D eigenvalue weighted by Gasteiger charge is -2.57. The molecule has 5 rings (SSSR count). The summed E-state index contributed by atoms with van der Waals surface area (Å²) in [6, 6.07) is 2.75. The number of unbranched alkanes of at least 4 members (excludes halogenated alkanes) is 1. The average molecular weight is 656 g/mol. The van der Waals surface area contributed by atoms with E-state index in [2.05, 4.69) is 22.6 Å². The van der Waals surface area contributed by atoms with Crippen LogP contribution in [0.1, 0.15) is 69.4 Å². The van der Waals surface area contributed by atoms with Crippen LogP contribution in [0.2, 0.25) is 0 Å². The third-order valence-corrected chi connectivity index (χ3v) is 10.8. The topological polar surface area (TPSA) is 184 Å². The van der Waals surface area contributed by atoms with E-state index in [0.717, 1.165) is 30.5 Å². The van der Waals surface area contributed by atoms with Gasteiger partial charge in [0.05, 0.1) is 19.1 Å². The molecule has 2 bridgehead atoms. The van der Waals surface area contributed by atoms with Crippen molar-refractivity contribution in [2.24, 2.45) is 17.6 Å². The second kappa shape index (κ2) is 14.5. The fourth-order valence-corrected chi connectivity index (χ4v) is 8.38. The van der Waals surface area contributed by atoms with Gasteiger partial charge in [0, 0.05) is 43.5 Å². The summed E-state index contributed by atoms with van der Waals surface area (Å²) in [5, 5.41) is 26.7. The van der Waals surface area contributed by atoms with E-state index in [1.807, 2.05) is 12.1 Å². The SMILES string of the molecule is COc1ccc2c(c1O)C13CCN(C)C(C2)C1CC=C(OC(=O)N1CCC(C(=O)O)CC1CNC(=O)C(CCCCN)NC(C)=O)C3. The number of carbonyl (C=O) groups is 4. The second-order valence-electron chi connectivity index (χ2n) is 13.6. The van der Waals surface area contributed by atoms with Gasteiger partial charge in [-0.1, -0.05) is 6.07 Å². The number of likely N-dealkylation sites (N-methyl/N-ethyl adjacent to an activating group) is 1. The van der Waals surface area contributed by atoms with Crippen molar-refractivity contribution < 1.29 is 38.9 Å². The van der Waals surface area contributed by atoms with E-state index in [9.17, 15) is 29.4 Å². The van der Waals surface area contributed by atoms with E-state index >= 15 is 0 Å². The van der Waals surface area contributed by atoms with Crippen LogP contribution in [0.4, 0.5) is 4.79 Å². The summed E-state index contributed by atoms with van der Waals surface area (Å²) in [6.45, 7) is 2.84. The maximum Gasteiger partial charge on any atom is 0.415 e. The number of carbonyl (C=O) groups excluding carboxylic acids is 3. The largest absolute Gasteiger partial charge is 0.504 e. The number of hydrogen-bond acceptors (Lipinski definition) is 9. The average Bonchev–Trinajstić information content (AvgIpc) is 3.04. The van der Waals surface area contributed by atoms with Crippen molar-refractivity contribution in [3.63, 3.8) is 0 Å². The van der Waals surface area contributed by atoms with Crippen LogP contribution in [0.5, 0.6) is 11.5 Å². The number of allylic oxidation sites excluding steroid dienone is 2. The van der Waals surface area contributed by atoms with Gasteiger partial charge in [0.1, 0.15) is 11.8 Å². The number of likely N-dealkylation sites (tertiary alicyclic amines) is 2. The molecule has 0 spiro atoms. The molecule has 2 saturated heterocycles. The number of methoxy groups -OCH3 is 1. The van der Waals surface area contributed by atoms with Crippen molar-refractivity contribution in [3.05, 3.63) is 35.1 Å². The summed E-state index contributed by atoms with van der Waals surface area (Å²) in [5.41, 5.74) is 7.12. The number of benzene rings is 1. The molecule has 0 saturated carbocycles. The minimum atomic E-state index is -0.949. The van der Waals surface area contributed by atoms with E-state index in [1.54, 1.807) is 13.2 Å². The van der Waals surface area contributed by atoms with Gasteiger partial charge >= 0.3 is 12.1 Å². The molecular formula is C34H49N5O8. The summed E-state index contributed by atoms with van der Waals surface area (Å²) >= 11 is 0. The van der Waals surface area contributed by atoms with Gasteiger partial charge in [0.2, 0.25) is 11.8 Å². The Kier molecular flexibility index (Phi) is 10.6. The van der Waals surface area contributed by atoms with Crippen LogP contribution in [0.25, 0.3) is 0 Å². The number of hydrogen-bond donors (Lipinski definition) is 5. The first-order chi connectivity index (χ1) is 22.5. The molecule has 13 heteroatoms. The number of amides is 3. The predicted molar refractivity (Wildman–Crippen MR) is 173 cm³/mol. The number of rotatable bonds is 11. The van der Waals surface area contributed by atoms with Gasteiger partial charge in [-0.2, -0.15) is 0 Å². The summed E-state index contributed by atoms with van der Waals surface area (Å²) in [6.07, 6.45) is 6.31. The number of nitrogens with two attached hydrogens (primary N) is 1. The lowest BCUT2D eigenvalue weighted by molar-refractivity contribution is -0.144. The molecule has 2 heterocycles. The highest BCUT2D eigenvalue weighted by Crippen LogP contribution is 2.59. The lowest BCUT2D eigenvalue weighted by Crippen LogP contribution is -2.60. The van der Waals surface area contributed by atoms with Gasteiger partial charge in [-0.3, -0.25) is 14.4 Å². The number of phenols is 1. The first-order valence-corrected chi connectivity index (χ1v) is 16.7. The Labute approximate surface area is 275 Å². The molecule has 6 N–H and O–H groups in total. The third kappa shape index (κ3) is 7.06. The highest BCUT2D eigenvalue weighted by atomic mass is 16.6. The van der Waals surface area contributed by atoms with Crippen LogP contribution in [0.3, 0.4) is 0 Å². The zero-order chi connectivity index (χ0) is 33.9. The zero-order valence-corrected chi connectivity index (χ0v) is 27.6. The third-order valence-electron chi connectivity index (χ3n) is 10.8. The van der Waals surface area contributed by atoms with Crippen molar-refractivity contribution in [3.8, 4) is 11.5 Å². The summed E-state index contributed by atoms with van der Waals surface area (Å²) < 4.78 is 11.6. The molecule has 0 radical (unpaired) electrons. The monoisotopic (exact) mass is 655 g/mol. The standard InChI is InChI=1S/C34H49N5O8/c1-20(40)37-26(6-4-5-13-35)31(42)36-19-23-16-22(32(43)44)11-14-39(23)33(45)47-24-8-9-25-27-17-21-7-10-28(46-3)30(41)29(21)34(25,18-24)12-15-38(27)2/h7-8,10,22-23,25-27,41H,4-6,9,11-19,35H2,1-3H3,(H,36,42)(H,37,40)(H,43,44). The Hall–Kier alpha value is -3.84. The van der Waals surface area contributed by atoms with Gasteiger partial charge < -0.3 is 45.9 Å². The van der Waals surface area contributed by atoms with E-state index in [4.69, 9.17) is 15.2 Å². The van der Waals surface area contributed by atoms with Crippen LogP contribution < -0.4 is 21.1 Å². The molecule has 1 aromatic rings. The molecule has 1 aromatic carbocycles. The number of carboxylic acid groups (broad SMARTS) is 1. The molecule has 6 unspecified atom stereocenters. The molecule has 4 aliphatic rings. The Bertz CT molecular complexity index is 1400. The second-order valence-corrected chi connectivity index (χ2v) is 13.6. The zero-order valence-electron chi connectivity index (χ0n) is 27.6. The number of carboxylic acids is 1. The maximum absolute atomic E-state index is 13.8. The number of nitrogens with one attached hydrogen (secondary N) is 2. The van der Waals surface area contributed by atoms with Crippen molar-refractivity contribution >= 4 is 23.9 Å². The van der Waals surface area contributed by atoms with Crippen LogP contribution in [-0.2, 0) is 31.0 Å². The van der Waals surface area contributed by atoms with Crippen molar-refractivity contribution in [2.45, 2.75) is 88.3 Å². The number of ether oxygens (including phenoxy) is 2. The Morgan fingerprint density at radius 1 is 1.19 bits per heavy atom. The highest BCUT2D eigenvalue weighted by molar-refractivity contribution is 5.86. The summed E-state index contributed by atoms with van der Waals surface area (Å²) in [7, 11) is 3.68. The summed E-state index contributed by atoms with van der Waals surface area (Å²) in [4.78, 5) is 54.5. The Morgan fingerprint density at radius 2 is 1.98 bits per heavy atom. The molecule has 0 aromatic heterocycles. The van der Waals surface area contributed by atoms with Crippen LogP contribution >= 0.6 is 0 Å². The minimum absolute atomic E-state index is 0.0187. The van der Waals surface area contributed by atoms with Crippen LogP contribution in [-0.4, -0.2) is 102 Å². The molecule has 2 aliphatic carbocycles. The number of aromatic hydroxyl groups is 1. The van der Waals surface area contributed by atoms with Gasteiger partial charge in [-0.05, 0) is 95.1 Å². The minimum Gasteiger partial charge on any atom is -0.504 e. The molecule has 13 nitrogen and oxygen atoms in total. The molecule has 3 amide bonds. The number of piperidine rings is 2. The van der Waals surface area contributed by atoms with Gasteiger partial charge in [-0.15, -0.1) is 0 Å². The van der Waals surface area contributed by atoms with Gasteiger partial charge in [0.25, 0.3) is 0 Å². The van der Waals surface area contributed by atoms with Crippen LogP contribution in [0.15, 0.2) is 24.0 Å². The van der Waals surface area contributed by atoms with Crippen LogP contribution in [0, 0.1) is 11.8 Å². The molecule has 2 aliphatic heterocycles. The molecule has 2 fully saturated rings. The molecule has 47 heavy (non-hydrogen) atoms. The Balaban J connectivity index is 1.33. The maximum atomic E-state index is 13.8. The number of aliphatic carboxylic acids is 1. The first-order valence-electron chi connectivity index (χ1n) is 16.7. The molecule has 6 atom stereocenters. The number of fused-ring (bicyclic) bond motifs is 1. The fraction of sp³-hybridized carbons (Fsp3) is 0.647. The smallest absolute Gasteiger partial charge is 0.415 e. The fourth-order valence-electron chi connectivity index (χ4n) is 8.38. The number of nitrogens with zero attached hydrogens (tertiary/aromatic N) is 2. The first kappa shape index (κ1) is 34.5. The van der Waals surface area contributed by atoms with E-state index in [1.165, 1.54) is 11.8 Å². The molecule has 258 valence electrons. The van der Waals surface area contributed by atoms with Gasteiger partial charge in [0.15, 0.2) is 11.5 Å². The van der Waals surface area contributed by atoms with E-state index in [0.29, 0.717) is 50.2 Å². The number of phenolic OH excluding ortho intramolecular Hbond substituents is 1. The predicted octanol–water partition coefficient (Wildman–Crippen LogP) is 2.24. The van der Waals surface area contributed by atoms with Crippen molar-refractivity contribution in [1.82, 2.24) is 20.4 Å². The molecular weight excluding hydrogens is 606 g/mol. The van der Waals surface area contributed by atoms with Crippen molar-refractivity contribution in [1.29, 1.82) is 0 Å². The highest BCUT2D eigenvalue weighted by Gasteiger charge is 2.55. The quantitative estimate of drug-likeness (QED) is 0.222. The van der Waals surface area contributed by atoms with E-state index < -0.39 is 41.4 Å². The van der Waals surface area contributed by atoms with Gasteiger partial charge in [-0.25, -0.2) is 4.79 Å². The normalized spacial score (nSPS) is 27.4. The van der Waals surface area contributed by atoms with E-state index in [-0.39, 0.29) is 49.5 Å². The van der Waals surface area contributed by atoms with Crippen molar-refractivity contribution in [2.75, 3.05) is 40.3 Å². The lowest BCUT2D eigenvalue weighted by atomic mass is 9.53. The Morgan fingerprint density at radius 3 is 2.68 bits per heavy atom. The summed E-state index contributed by atoms with van der Waals surface area (Å²) in [5.74, 6) is -1.02.